The summed E-state index contributed by atoms with van der Waals surface area (Å²) in [4.78, 5) is 30.6. The lowest BCUT2D eigenvalue weighted by Gasteiger charge is -2.17. The first-order valence-corrected chi connectivity index (χ1v) is 9.33. The molecule has 3 N–H and O–H groups in total. The van der Waals surface area contributed by atoms with Crippen LogP contribution in [-0.4, -0.2) is 42.4 Å². The molecule has 7 nitrogen and oxygen atoms in total. The van der Waals surface area contributed by atoms with Gasteiger partial charge in [-0.2, -0.15) is 0 Å². The summed E-state index contributed by atoms with van der Waals surface area (Å²) < 4.78 is 5.64. The molecule has 0 saturated carbocycles. The van der Waals surface area contributed by atoms with Gasteiger partial charge < -0.3 is 20.7 Å². The number of pyridine rings is 1. The maximum Gasteiger partial charge on any atom is 0.253 e. The van der Waals surface area contributed by atoms with Crippen LogP contribution in [0.1, 0.15) is 31.8 Å². The number of nitrogens with zero attached hydrogens (tertiary/aromatic N) is 2. The van der Waals surface area contributed by atoms with Crippen molar-refractivity contribution in [3.05, 3.63) is 58.8 Å². The van der Waals surface area contributed by atoms with Crippen LogP contribution in [0.4, 0.5) is 11.4 Å². The number of aryl methyl sites for hydroxylation is 1. The number of carbonyl (C=O) groups excluding carboxylic acids is 2. The van der Waals surface area contributed by atoms with E-state index in [2.05, 4.69) is 10.3 Å². The van der Waals surface area contributed by atoms with Crippen molar-refractivity contribution in [1.29, 1.82) is 0 Å². The number of anilines is 2. The number of hydrogen-bond acceptors (Lipinski definition) is 5. The molecule has 7 heteroatoms. The minimum atomic E-state index is -0.590. The fourth-order valence-electron chi connectivity index (χ4n) is 3.66. The van der Waals surface area contributed by atoms with E-state index in [1.54, 1.807) is 26.2 Å². The number of rotatable bonds is 4. The fraction of sp³-hybridized carbons (Fsp3) is 0.227. The van der Waals surface area contributed by atoms with Crippen LogP contribution in [0.2, 0.25) is 0 Å². The van der Waals surface area contributed by atoms with Crippen molar-refractivity contribution >= 4 is 34.1 Å². The molecule has 0 bridgehead atoms. The van der Waals surface area contributed by atoms with Crippen molar-refractivity contribution in [3.63, 3.8) is 0 Å². The Morgan fingerprint density at radius 1 is 1.24 bits per heavy atom. The molecular formula is C22H22N4O3. The fourth-order valence-corrected chi connectivity index (χ4v) is 3.66. The highest BCUT2D eigenvalue weighted by molar-refractivity contribution is 6.10. The topological polar surface area (TPSA) is 97.5 Å². The molecule has 0 aliphatic carbocycles. The van der Waals surface area contributed by atoms with Crippen molar-refractivity contribution < 1.29 is 14.3 Å². The second kappa shape index (κ2) is 7.09. The summed E-state index contributed by atoms with van der Waals surface area (Å²) in [5.41, 5.74) is 10.4. The van der Waals surface area contributed by atoms with Gasteiger partial charge in [0.15, 0.2) is 0 Å². The van der Waals surface area contributed by atoms with Gasteiger partial charge in [-0.15, -0.1) is 0 Å². The SMILES string of the molecule is Cc1cc(C(=O)N(C)C)cc2c(Nc3cccc4c3CCO4)c(C(N)=O)cnc12. The Morgan fingerprint density at radius 2 is 2.03 bits per heavy atom. The van der Waals surface area contributed by atoms with Crippen molar-refractivity contribution in [1.82, 2.24) is 9.88 Å². The molecule has 2 aromatic carbocycles. The van der Waals surface area contributed by atoms with Crippen LogP contribution >= 0.6 is 0 Å². The molecule has 0 saturated heterocycles. The molecule has 4 rings (SSSR count). The molecule has 1 aromatic heterocycles. The Labute approximate surface area is 168 Å². The Morgan fingerprint density at radius 3 is 2.76 bits per heavy atom. The first-order valence-electron chi connectivity index (χ1n) is 9.33. The highest BCUT2D eigenvalue weighted by Gasteiger charge is 2.21. The maximum atomic E-state index is 12.6. The van der Waals surface area contributed by atoms with Gasteiger partial charge in [-0.1, -0.05) is 6.07 Å². The molecule has 0 atom stereocenters. The number of aromatic nitrogens is 1. The smallest absolute Gasteiger partial charge is 0.253 e. The molecule has 2 amide bonds. The zero-order valence-electron chi connectivity index (χ0n) is 16.6. The number of nitrogens with one attached hydrogen (secondary N) is 1. The Hall–Kier alpha value is -3.61. The van der Waals surface area contributed by atoms with E-state index in [4.69, 9.17) is 10.5 Å². The summed E-state index contributed by atoms with van der Waals surface area (Å²) >= 11 is 0. The van der Waals surface area contributed by atoms with Crippen LogP contribution in [0.15, 0.2) is 36.5 Å². The van der Waals surface area contributed by atoms with Crippen molar-refractivity contribution in [2.24, 2.45) is 5.73 Å². The number of carbonyl (C=O) groups is 2. The van der Waals surface area contributed by atoms with E-state index in [-0.39, 0.29) is 11.5 Å². The van der Waals surface area contributed by atoms with E-state index in [1.165, 1.54) is 11.1 Å². The first kappa shape index (κ1) is 18.7. The number of amides is 2. The Kier molecular flexibility index (Phi) is 4.58. The second-order valence-corrected chi connectivity index (χ2v) is 7.31. The average Bonchev–Trinajstić information content (AvgIpc) is 3.17. The number of fused-ring (bicyclic) bond motifs is 2. The van der Waals surface area contributed by atoms with Gasteiger partial charge in [-0.3, -0.25) is 14.6 Å². The Balaban J connectivity index is 1.95. The zero-order valence-corrected chi connectivity index (χ0v) is 16.6. The quantitative estimate of drug-likeness (QED) is 0.714. The van der Waals surface area contributed by atoms with Crippen LogP contribution in [0.25, 0.3) is 10.9 Å². The van der Waals surface area contributed by atoms with Gasteiger partial charge in [-0.25, -0.2) is 0 Å². The predicted octanol–water partition coefficient (Wildman–Crippen LogP) is 3.02. The van der Waals surface area contributed by atoms with Gasteiger partial charge in [0.2, 0.25) is 0 Å². The third-order valence-electron chi connectivity index (χ3n) is 5.08. The first-order chi connectivity index (χ1) is 13.9. The summed E-state index contributed by atoms with van der Waals surface area (Å²) in [5.74, 6) is 0.112. The van der Waals surface area contributed by atoms with Gasteiger partial charge in [0.1, 0.15) is 5.75 Å². The molecule has 0 fully saturated rings. The van der Waals surface area contributed by atoms with Crippen molar-refractivity contribution in [3.8, 4) is 5.75 Å². The van der Waals surface area contributed by atoms with Crippen LogP contribution in [-0.2, 0) is 6.42 Å². The van der Waals surface area contributed by atoms with E-state index >= 15 is 0 Å². The molecule has 0 unspecified atom stereocenters. The lowest BCUT2D eigenvalue weighted by atomic mass is 10.0. The van der Waals surface area contributed by atoms with E-state index < -0.39 is 5.91 Å². The van der Waals surface area contributed by atoms with Gasteiger partial charge >= 0.3 is 0 Å². The minimum Gasteiger partial charge on any atom is -0.493 e. The Bertz CT molecular complexity index is 1150. The molecule has 0 spiro atoms. The van der Waals surface area contributed by atoms with Gasteiger partial charge in [-0.05, 0) is 36.8 Å². The third kappa shape index (κ3) is 3.24. The van der Waals surface area contributed by atoms with Gasteiger partial charge in [0.05, 0.1) is 23.4 Å². The summed E-state index contributed by atoms with van der Waals surface area (Å²) in [7, 11) is 3.40. The van der Waals surface area contributed by atoms with Gasteiger partial charge in [0.25, 0.3) is 11.8 Å². The average molecular weight is 390 g/mol. The summed E-state index contributed by atoms with van der Waals surface area (Å²) in [5, 5.41) is 4.04. The summed E-state index contributed by atoms with van der Waals surface area (Å²) in [6.45, 7) is 2.51. The predicted molar refractivity (Wildman–Crippen MR) is 112 cm³/mol. The number of nitrogens with two attached hydrogens (primary N) is 1. The number of hydrogen-bond donors (Lipinski definition) is 2. The standard InChI is InChI=1S/C22H22N4O3/c1-12-9-13(22(28)26(2)3)10-15-19(12)24-11-16(21(23)27)20(15)25-17-5-4-6-18-14(17)7-8-29-18/h4-6,9-11H,7-8H2,1-3H3,(H2,23,27)(H,24,25). The number of ether oxygens (including phenoxy) is 1. The van der Waals surface area contributed by atoms with E-state index in [1.807, 2.05) is 25.1 Å². The van der Waals surface area contributed by atoms with E-state index in [9.17, 15) is 9.59 Å². The van der Waals surface area contributed by atoms with E-state index in [0.717, 1.165) is 29.0 Å². The van der Waals surface area contributed by atoms with Crippen molar-refractivity contribution in [2.75, 3.05) is 26.0 Å². The van der Waals surface area contributed by atoms with Gasteiger partial charge in [0, 0.05) is 48.9 Å². The lowest BCUT2D eigenvalue weighted by Crippen LogP contribution is -2.22. The summed E-state index contributed by atoms with van der Waals surface area (Å²) in [6.07, 6.45) is 2.25. The largest absolute Gasteiger partial charge is 0.493 e. The van der Waals surface area contributed by atoms with Crippen molar-refractivity contribution in [2.45, 2.75) is 13.3 Å². The highest BCUT2D eigenvalue weighted by atomic mass is 16.5. The molecule has 0 radical (unpaired) electrons. The third-order valence-corrected chi connectivity index (χ3v) is 5.08. The molecule has 2 heterocycles. The van der Waals surface area contributed by atoms with E-state index in [0.29, 0.717) is 28.8 Å². The van der Waals surface area contributed by atoms with Crippen LogP contribution in [0, 0.1) is 6.92 Å². The molecule has 148 valence electrons. The molecule has 1 aliphatic rings. The minimum absolute atomic E-state index is 0.126. The maximum absolute atomic E-state index is 12.6. The molecular weight excluding hydrogens is 368 g/mol. The normalized spacial score (nSPS) is 12.4. The lowest BCUT2D eigenvalue weighted by molar-refractivity contribution is 0.0827. The molecule has 3 aromatic rings. The van der Waals surface area contributed by atoms with Crippen LogP contribution in [0.5, 0.6) is 5.75 Å². The van der Waals surface area contributed by atoms with Crippen LogP contribution in [0.3, 0.4) is 0 Å². The molecule has 1 aliphatic heterocycles. The second-order valence-electron chi connectivity index (χ2n) is 7.31. The number of primary amides is 1. The summed E-state index contributed by atoms with van der Waals surface area (Å²) in [6, 6.07) is 9.31. The van der Waals surface area contributed by atoms with Crippen LogP contribution < -0.4 is 15.8 Å². The monoisotopic (exact) mass is 390 g/mol. The zero-order chi connectivity index (χ0) is 20.7. The number of benzene rings is 2. The molecule has 29 heavy (non-hydrogen) atoms. The highest BCUT2D eigenvalue weighted by Crippen LogP contribution is 2.37.